The number of aromatic nitrogens is 3. The minimum Gasteiger partial charge on any atom is -0.336 e. The number of aryl methyl sites for hydroxylation is 2. The molecule has 3 heterocycles. The van der Waals surface area contributed by atoms with Crippen molar-refractivity contribution in [2.24, 2.45) is 13.0 Å². The van der Waals surface area contributed by atoms with Crippen molar-refractivity contribution in [1.82, 2.24) is 19.7 Å². The van der Waals surface area contributed by atoms with E-state index >= 15 is 0 Å². The second kappa shape index (κ2) is 6.20. The van der Waals surface area contributed by atoms with Crippen LogP contribution >= 0.6 is 0 Å². The minimum absolute atomic E-state index is 0.0167. The normalized spacial score (nSPS) is 17.6. The van der Waals surface area contributed by atoms with Gasteiger partial charge in [-0.05, 0) is 19.1 Å². The molecule has 3 rings (SSSR count). The SMILES string of the molecule is Cc1cc(NC(=O)[C@H]2CC(=O)N(Cc3ccccn3)C2)n(C)n1. The lowest BCUT2D eigenvalue weighted by molar-refractivity contribution is -0.128. The Balaban J connectivity index is 1.62. The molecule has 7 heteroatoms. The van der Waals surface area contributed by atoms with Crippen LogP contribution in [0.15, 0.2) is 30.5 Å². The molecule has 2 aromatic heterocycles. The van der Waals surface area contributed by atoms with Gasteiger partial charge in [0.2, 0.25) is 11.8 Å². The first kappa shape index (κ1) is 15.2. The summed E-state index contributed by atoms with van der Waals surface area (Å²) in [4.78, 5) is 30.4. The minimum atomic E-state index is -0.346. The number of carbonyl (C=O) groups is 2. The maximum absolute atomic E-state index is 12.4. The largest absolute Gasteiger partial charge is 0.336 e. The lowest BCUT2D eigenvalue weighted by Crippen LogP contribution is -2.28. The molecule has 120 valence electrons. The number of nitrogens with zero attached hydrogens (tertiary/aromatic N) is 4. The van der Waals surface area contributed by atoms with Gasteiger partial charge in [0.25, 0.3) is 0 Å². The number of anilines is 1. The molecule has 0 aliphatic carbocycles. The molecule has 23 heavy (non-hydrogen) atoms. The summed E-state index contributed by atoms with van der Waals surface area (Å²) in [7, 11) is 1.77. The highest BCUT2D eigenvalue weighted by atomic mass is 16.2. The molecule has 0 unspecified atom stereocenters. The fraction of sp³-hybridized carbons (Fsp3) is 0.375. The molecular formula is C16H19N5O2. The Hall–Kier alpha value is -2.70. The Morgan fingerprint density at radius 3 is 2.91 bits per heavy atom. The Kier molecular flexibility index (Phi) is 4.10. The van der Waals surface area contributed by atoms with E-state index in [1.165, 1.54) is 0 Å². The van der Waals surface area contributed by atoms with Crippen molar-refractivity contribution in [3.05, 3.63) is 41.9 Å². The molecule has 1 N–H and O–H groups in total. The van der Waals surface area contributed by atoms with Gasteiger partial charge in [0.15, 0.2) is 0 Å². The number of hydrogen-bond donors (Lipinski definition) is 1. The van der Waals surface area contributed by atoms with Gasteiger partial charge < -0.3 is 10.2 Å². The zero-order valence-electron chi connectivity index (χ0n) is 13.2. The van der Waals surface area contributed by atoms with Crippen molar-refractivity contribution in [3.63, 3.8) is 0 Å². The predicted molar refractivity (Wildman–Crippen MR) is 84.3 cm³/mol. The number of amides is 2. The van der Waals surface area contributed by atoms with E-state index in [1.807, 2.05) is 25.1 Å². The summed E-state index contributed by atoms with van der Waals surface area (Å²) in [5, 5.41) is 7.04. The fourth-order valence-electron chi connectivity index (χ4n) is 2.74. The molecule has 0 bridgehead atoms. The zero-order valence-corrected chi connectivity index (χ0v) is 13.2. The van der Waals surface area contributed by atoms with Crippen LogP contribution in [0, 0.1) is 12.8 Å². The predicted octanol–water partition coefficient (Wildman–Crippen LogP) is 1.11. The number of nitrogens with one attached hydrogen (secondary N) is 1. The van der Waals surface area contributed by atoms with Gasteiger partial charge in [-0.25, -0.2) is 0 Å². The summed E-state index contributed by atoms with van der Waals surface area (Å²) in [5.74, 6) is 0.131. The number of likely N-dealkylation sites (tertiary alicyclic amines) is 1. The van der Waals surface area contributed by atoms with E-state index in [-0.39, 0.29) is 24.2 Å². The molecule has 1 fully saturated rings. The number of pyridine rings is 1. The van der Waals surface area contributed by atoms with E-state index < -0.39 is 0 Å². The molecule has 1 saturated heterocycles. The quantitative estimate of drug-likeness (QED) is 0.917. The third-order valence-electron chi connectivity index (χ3n) is 3.92. The average molecular weight is 313 g/mol. The first-order chi connectivity index (χ1) is 11.0. The molecule has 1 aliphatic rings. The molecule has 0 saturated carbocycles. The van der Waals surface area contributed by atoms with Crippen molar-refractivity contribution in [1.29, 1.82) is 0 Å². The maximum atomic E-state index is 12.4. The van der Waals surface area contributed by atoms with Crippen molar-refractivity contribution in [2.45, 2.75) is 19.9 Å². The Morgan fingerprint density at radius 1 is 1.43 bits per heavy atom. The van der Waals surface area contributed by atoms with E-state index in [0.717, 1.165) is 11.4 Å². The molecular weight excluding hydrogens is 294 g/mol. The summed E-state index contributed by atoms with van der Waals surface area (Å²) >= 11 is 0. The van der Waals surface area contributed by atoms with Crippen LogP contribution in [0.1, 0.15) is 17.8 Å². The second-order valence-electron chi connectivity index (χ2n) is 5.78. The summed E-state index contributed by atoms with van der Waals surface area (Å²) in [5.41, 5.74) is 1.66. The van der Waals surface area contributed by atoms with Gasteiger partial charge in [-0.2, -0.15) is 5.10 Å². The molecule has 2 aromatic rings. The summed E-state index contributed by atoms with van der Waals surface area (Å²) in [6.45, 7) is 2.72. The van der Waals surface area contributed by atoms with Crippen LogP contribution < -0.4 is 5.32 Å². The van der Waals surface area contributed by atoms with E-state index in [1.54, 1.807) is 28.9 Å². The van der Waals surface area contributed by atoms with Gasteiger partial charge >= 0.3 is 0 Å². The first-order valence-corrected chi connectivity index (χ1v) is 7.52. The highest BCUT2D eigenvalue weighted by Gasteiger charge is 2.34. The van der Waals surface area contributed by atoms with Crippen LogP contribution in [0.2, 0.25) is 0 Å². The topological polar surface area (TPSA) is 80.1 Å². The van der Waals surface area contributed by atoms with Gasteiger partial charge in [-0.1, -0.05) is 6.07 Å². The van der Waals surface area contributed by atoms with Crippen molar-refractivity contribution < 1.29 is 9.59 Å². The third-order valence-corrected chi connectivity index (χ3v) is 3.92. The standard InChI is InChI=1S/C16H19N5O2/c1-11-7-14(20(2)19-11)18-16(23)12-8-15(22)21(9-12)10-13-5-3-4-6-17-13/h3-7,12H,8-10H2,1-2H3,(H,18,23)/t12-/m0/s1. The first-order valence-electron chi connectivity index (χ1n) is 7.52. The average Bonchev–Trinajstić information content (AvgIpc) is 3.03. The van der Waals surface area contributed by atoms with E-state index in [4.69, 9.17) is 0 Å². The van der Waals surface area contributed by atoms with Gasteiger partial charge in [0, 0.05) is 32.3 Å². The van der Waals surface area contributed by atoms with Gasteiger partial charge in [0.05, 0.1) is 23.9 Å². The van der Waals surface area contributed by atoms with Gasteiger partial charge in [-0.3, -0.25) is 19.3 Å². The van der Waals surface area contributed by atoms with Crippen LogP contribution in [-0.4, -0.2) is 38.0 Å². The molecule has 2 amide bonds. The molecule has 7 nitrogen and oxygen atoms in total. The summed E-state index contributed by atoms with van der Waals surface area (Å²) in [6.07, 6.45) is 1.93. The lowest BCUT2D eigenvalue weighted by atomic mass is 10.1. The number of rotatable bonds is 4. The van der Waals surface area contributed by atoms with E-state index in [0.29, 0.717) is 18.9 Å². The fourth-order valence-corrected chi connectivity index (χ4v) is 2.74. The summed E-state index contributed by atoms with van der Waals surface area (Å²) in [6, 6.07) is 7.40. The van der Waals surface area contributed by atoms with Crippen LogP contribution in [-0.2, 0) is 23.2 Å². The van der Waals surface area contributed by atoms with E-state index in [9.17, 15) is 9.59 Å². The molecule has 1 aliphatic heterocycles. The number of carbonyl (C=O) groups excluding carboxylic acids is 2. The van der Waals surface area contributed by atoms with Crippen LogP contribution in [0.4, 0.5) is 5.82 Å². The van der Waals surface area contributed by atoms with Crippen molar-refractivity contribution in [3.8, 4) is 0 Å². The smallest absolute Gasteiger partial charge is 0.230 e. The molecule has 0 spiro atoms. The number of hydrogen-bond acceptors (Lipinski definition) is 4. The molecule has 0 radical (unpaired) electrons. The Bertz CT molecular complexity index is 725. The maximum Gasteiger partial charge on any atom is 0.230 e. The Morgan fingerprint density at radius 2 is 2.26 bits per heavy atom. The van der Waals surface area contributed by atoms with Crippen molar-refractivity contribution >= 4 is 17.6 Å². The van der Waals surface area contributed by atoms with Crippen LogP contribution in [0.3, 0.4) is 0 Å². The summed E-state index contributed by atoms with van der Waals surface area (Å²) < 4.78 is 1.62. The Labute approximate surface area is 134 Å². The zero-order chi connectivity index (χ0) is 16.4. The monoisotopic (exact) mass is 313 g/mol. The van der Waals surface area contributed by atoms with Crippen LogP contribution in [0.25, 0.3) is 0 Å². The lowest BCUT2D eigenvalue weighted by Gasteiger charge is -2.16. The molecule has 0 aromatic carbocycles. The highest BCUT2D eigenvalue weighted by molar-refractivity contribution is 5.96. The highest BCUT2D eigenvalue weighted by Crippen LogP contribution is 2.21. The van der Waals surface area contributed by atoms with Crippen molar-refractivity contribution in [2.75, 3.05) is 11.9 Å². The van der Waals surface area contributed by atoms with E-state index in [2.05, 4.69) is 15.4 Å². The third kappa shape index (κ3) is 3.39. The van der Waals surface area contributed by atoms with Crippen LogP contribution in [0.5, 0.6) is 0 Å². The molecule has 1 atom stereocenters. The van der Waals surface area contributed by atoms with Gasteiger partial charge in [0.1, 0.15) is 5.82 Å². The van der Waals surface area contributed by atoms with Gasteiger partial charge in [-0.15, -0.1) is 0 Å². The second-order valence-corrected chi connectivity index (χ2v) is 5.78.